The number of amides is 1. The van der Waals surface area contributed by atoms with Crippen molar-refractivity contribution in [3.05, 3.63) is 56.5 Å². The molecule has 0 fully saturated rings. The Morgan fingerprint density at radius 1 is 1.20 bits per heavy atom. The highest BCUT2D eigenvalue weighted by atomic mass is 32.1. The van der Waals surface area contributed by atoms with E-state index >= 15 is 0 Å². The zero-order chi connectivity index (χ0) is 32.6. The number of anilines is 2. The maximum absolute atomic E-state index is 14.1. The molecule has 0 spiro atoms. The van der Waals surface area contributed by atoms with Crippen molar-refractivity contribution in [2.75, 3.05) is 38.4 Å². The minimum Gasteiger partial charge on any atom is -0.510 e. The predicted octanol–water partition coefficient (Wildman–Crippen LogP) is 2.27. The molecule has 4 atom stereocenters. The summed E-state index contributed by atoms with van der Waals surface area (Å²) in [4.78, 5) is 46.4. The van der Waals surface area contributed by atoms with E-state index in [2.05, 4.69) is 10.3 Å². The van der Waals surface area contributed by atoms with Crippen LogP contribution in [0.5, 0.6) is 5.75 Å². The first-order valence-electron chi connectivity index (χ1n) is 13.4. The van der Waals surface area contributed by atoms with Crippen LogP contribution in [0.4, 0.5) is 24.0 Å². The molecule has 236 valence electrons. The van der Waals surface area contributed by atoms with Crippen molar-refractivity contribution in [1.29, 1.82) is 0 Å². The van der Waals surface area contributed by atoms with Gasteiger partial charge in [-0.15, -0.1) is 11.3 Å². The van der Waals surface area contributed by atoms with E-state index in [0.717, 1.165) is 5.38 Å². The zero-order valence-electron chi connectivity index (χ0n) is 24.0. The van der Waals surface area contributed by atoms with Crippen molar-refractivity contribution >= 4 is 39.6 Å². The molecule has 3 aliphatic carbocycles. The summed E-state index contributed by atoms with van der Waals surface area (Å²) in [5.74, 6) is -7.59. The van der Waals surface area contributed by atoms with Crippen LogP contribution in [0.2, 0.25) is 0 Å². The number of carbonyl (C=O) groups excluding carboxylic acids is 3. The number of Topliss-reactive ketones (excluding diaryl/α,β-unsaturated/α-hetero) is 2. The summed E-state index contributed by atoms with van der Waals surface area (Å²) in [6.45, 7) is -0.215. The average molecular weight is 638 g/mol. The number of alkyl halides is 3. The van der Waals surface area contributed by atoms with Crippen molar-refractivity contribution in [2.45, 2.75) is 37.2 Å². The monoisotopic (exact) mass is 637 g/mol. The maximum Gasteiger partial charge on any atom is 0.434 e. The molecule has 0 bridgehead atoms. The lowest BCUT2D eigenvalue weighted by atomic mass is 9.58. The standard InChI is InChI=1S/C28H30F3N5O7S/c1-35(2)14-7-11(8-33-26-34-15(9-44-26)28(29,30)31)20(37)17-12(14)5-10-6-13-19(36(3)4)22(39)18(25(32)42)24(41)27(13,43)23(40)16(10)21(17)38/h7,9-10,13,19,37,39-40,43H,5-6,8H2,1-4H3,(H2,32,42)(H,33,34). The second-order valence-electron chi connectivity index (χ2n) is 11.5. The van der Waals surface area contributed by atoms with Crippen LogP contribution in [0, 0.1) is 11.8 Å². The molecule has 0 saturated carbocycles. The number of phenolic OH excluding ortho intramolecular Hbond substituents is 1. The number of aromatic nitrogens is 1. The Bertz CT molecular complexity index is 1660. The van der Waals surface area contributed by atoms with Gasteiger partial charge in [0, 0.05) is 48.8 Å². The number of benzene rings is 1. The predicted molar refractivity (Wildman–Crippen MR) is 152 cm³/mol. The third-order valence-corrected chi connectivity index (χ3v) is 9.28. The molecule has 3 aliphatic rings. The number of halogens is 3. The van der Waals surface area contributed by atoms with Crippen LogP contribution >= 0.6 is 11.3 Å². The Labute approximate surface area is 252 Å². The summed E-state index contributed by atoms with van der Waals surface area (Å²) in [6, 6.07) is 0.472. The molecule has 1 heterocycles. The van der Waals surface area contributed by atoms with Gasteiger partial charge in [0.05, 0.1) is 11.6 Å². The van der Waals surface area contributed by atoms with E-state index in [4.69, 9.17) is 5.73 Å². The van der Waals surface area contributed by atoms with Crippen LogP contribution in [0.15, 0.2) is 34.1 Å². The smallest absolute Gasteiger partial charge is 0.434 e. The van der Waals surface area contributed by atoms with Gasteiger partial charge < -0.3 is 36.4 Å². The Morgan fingerprint density at radius 3 is 2.41 bits per heavy atom. The first-order chi connectivity index (χ1) is 20.4. The molecule has 16 heteroatoms. The zero-order valence-corrected chi connectivity index (χ0v) is 24.8. The molecular weight excluding hydrogens is 607 g/mol. The summed E-state index contributed by atoms with van der Waals surface area (Å²) in [6.07, 6.45) is -4.61. The van der Waals surface area contributed by atoms with Crippen LogP contribution in [0.3, 0.4) is 0 Å². The number of nitrogens with zero attached hydrogens (tertiary/aromatic N) is 3. The van der Waals surface area contributed by atoms with Gasteiger partial charge in [0.15, 0.2) is 22.2 Å². The lowest BCUT2D eigenvalue weighted by Crippen LogP contribution is -2.63. The number of likely N-dealkylation sites (N-methyl/N-ethyl adjacent to an activating group) is 1. The molecule has 44 heavy (non-hydrogen) atoms. The number of ketones is 2. The molecule has 1 aromatic heterocycles. The molecule has 12 nitrogen and oxygen atoms in total. The number of allylic oxidation sites excluding steroid dienone is 1. The third kappa shape index (κ3) is 4.59. The number of aromatic hydroxyl groups is 1. The number of rotatable bonds is 6. The fourth-order valence-electron chi connectivity index (χ4n) is 6.54. The van der Waals surface area contributed by atoms with Gasteiger partial charge in [0.2, 0.25) is 5.78 Å². The summed E-state index contributed by atoms with van der Waals surface area (Å²) in [7, 11) is 6.48. The Morgan fingerprint density at radius 2 is 1.86 bits per heavy atom. The summed E-state index contributed by atoms with van der Waals surface area (Å²) in [5.41, 5.74) is 1.16. The van der Waals surface area contributed by atoms with Gasteiger partial charge in [0.25, 0.3) is 5.91 Å². The van der Waals surface area contributed by atoms with Crippen LogP contribution < -0.4 is 16.0 Å². The second kappa shape index (κ2) is 10.5. The number of hydrogen-bond acceptors (Lipinski definition) is 12. The molecule has 5 rings (SSSR count). The molecule has 0 aliphatic heterocycles. The van der Waals surface area contributed by atoms with E-state index in [9.17, 15) is 48.0 Å². The molecule has 7 N–H and O–H groups in total. The van der Waals surface area contributed by atoms with Crippen molar-refractivity contribution in [1.82, 2.24) is 9.88 Å². The minimum absolute atomic E-state index is 0.0612. The van der Waals surface area contributed by atoms with E-state index in [1.807, 2.05) is 0 Å². The fraction of sp³-hybridized carbons (Fsp3) is 0.429. The topological polar surface area (TPSA) is 190 Å². The van der Waals surface area contributed by atoms with Gasteiger partial charge in [-0.3, -0.25) is 19.3 Å². The largest absolute Gasteiger partial charge is 0.510 e. The number of phenols is 1. The Hall–Kier alpha value is -4.15. The Balaban J connectivity index is 1.61. The average Bonchev–Trinajstić information content (AvgIpc) is 3.39. The molecular formula is C28H30F3N5O7S. The SMILES string of the molecule is CN(C)c1cc(CNc2nc(C(F)(F)F)cs2)c(O)c2c1CC1CC3C(N(C)C)C(O)=C(C(N)=O)C(=O)C3(O)C(O)=C1C2=O. The molecule has 0 radical (unpaired) electrons. The highest BCUT2D eigenvalue weighted by Gasteiger charge is 2.63. The number of aliphatic hydroxyl groups excluding tert-OH is 2. The molecule has 0 saturated heterocycles. The summed E-state index contributed by atoms with van der Waals surface area (Å²) in [5, 5.41) is 48.9. The number of thiazole rings is 1. The van der Waals surface area contributed by atoms with Gasteiger partial charge in [-0.2, -0.15) is 13.2 Å². The number of aliphatic hydroxyl groups is 3. The molecule has 2 aromatic rings. The maximum atomic E-state index is 14.1. The van der Waals surface area contributed by atoms with Crippen molar-refractivity contribution in [3.8, 4) is 5.75 Å². The summed E-state index contributed by atoms with van der Waals surface area (Å²) >= 11 is 0.712. The number of hydrogen-bond donors (Lipinski definition) is 6. The lowest BCUT2D eigenvalue weighted by molar-refractivity contribution is -0.148. The van der Waals surface area contributed by atoms with Crippen molar-refractivity contribution in [3.63, 3.8) is 0 Å². The van der Waals surface area contributed by atoms with E-state index < -0.39 is 75.7 Å². The normalized spacial score (nSPS) is 25.2. The number of carbonyl (C=O) groups is 3. The van der Waals surface area contributed by atoms with Crippen molar-refractivity contribution in [2.24, 2.45) is 17.6 Å². The Kier molecular flexibility index (Phi) is 7.46. The molecule has 4 unspecified atom stereocenters. The lowest BCUT2D eigenvalue weighted by Gasteiger charge is -2.50. The first-order valence-corrected chi connectivity index (χ1v) is 14.3. The van der Waals surface area contributed by atoms with Crippen molar-refractivity contribution < 1.29 is 48.0 Å². The van der Waals surface area contributed by atoms with Gasteiger partial charge >= 0.3 is 6.18 Å². The third-order valence-electron chi connectivity index (χ3n) is 8.48. The quantitative estimate of drug-likeness (QED) is 0.255. The van der Waals surface area contributed by atoms with Crippen LogP contribution in [-0.2, 0) is 28.7 Å². The van der Waals surface area contributed by atoms with E-state index in [1.165, 1.54) is 4.90 Å². The van der Waals surface area contributed by atoms with Gasteiger partial charge in [-0.25, -0.2) is 4.98 Å². The number of primary amides is 1. The van der Waals surface area contributed by atoms with Gasteiger partial charge in [-0.1, -0.05) is 0 Å². The summed E-state index contributed by atoms with van der Waals surface area (Å²) < 4.78 is 39.0. The molecule has 1 aromatic carbocycles. The second-order valence-corrected chi connectivity index (χ2v) is 12.4. The number of nitrogens with two attached hydrogens (primary N) is 1. The highest BCUT2D eigenvalue weighted by Crippen LogP contribution is 2.53. The molecule has 1 amide bonds. The van der Waals surface area contributed by atoms with E-state index in [-0.39, 0.29) is 41.2 Å². The van der Waals surface area contributed by atoms with E-state index in [0.29, 0.717) is 22.6 Å². The van der Waals surface area contributed by atoms with Crippen LogP contribution in [-0.4, -0.2) is 87.6 Å². The highest BCUT2D eigenvalue weighted by molar-refractivity contribution is 7.13. The number of nitrogens with one attached hydrogen (secondary N) is 1. The fourth-order valence-corrected chi connectivity index (χ4v) is 7.26. The van der Waals surface area contributed by atoms with Crippen LogP contribution in [0.25, 0.3) is 0 Å². The first kappa shape index (κ1) is 31.3. The van der Waals surface area contributed by atoms with Crippen LogP contribution in [0.1, 0.15) is 33.6 Å². The van der Waals surface area contributed by atoms with Gasteiger partial charge in [0.1, 0.15) is 22.8 Å². The van der Waals surface area contributed by atoms with Gasteiger partial charge in [-0.05, 0) is 44.5 Å². The minimum atomic E-state index is -4.64. The number of fused-ring (bicyclic) bond motifs is 3. The van der Waals surface area contributed by atoms with E-state index in [1.54, 1.807) is 39.2 Å².